The quantitative estimate of drug-likeness (QED) is 0.673. The molecule has 3 aromatic rings. The average molecular weight is 348 g/mol. The fourth-order valence-corrected chi connectivity index (χ4v) is 3.22. The Morgan fingerprint density at radius 2 is 1.92 bits per heavy atom. The van der Waals surface area contributed by atoms with Gasteiger partial charge in [-0.3, -0.25) is 9.89 Å². The monoisotopic (exact) mass is 348 g/mol. The second-order valence-electron chi connectivity index (χ2n) is 6.21. The number of fused-ring (bicyclic) bond motifs is 1. The van der Waals surface area contributed by atoms with E-state index in [1.165, 1.54) is 0 Å². The van der Waals surface area contributed by atoms with Crippen LogP contribution in [0.25, 0.3) is 11.3 Å². The summed E-state index contributed by atoms with van der Waals surface area (Å²) in [4.78, 5) is 12.5. The third-order valence-corrected chi connectivity index (χ3v) is 4.52. The summed E-state index contributed by atoms with van der Waals surface area (Å²) in [5, 5.41) is 13.7. The van der Waals surface area contributed by atoms with E-state index in [0.717, 1.165) is 33.8 Å². The number of amides is 1. The molecule has 6 heteroatoms. The van der Waals surface area contributed by atoms with Gasteiger partial charge in [0.2, 0.25) is 0 Å². The van der Waals surface area contributed by atoms with Gasteiger partial charge in [-0.2, -0.15) is 5.10 Å². The van der Waals surface area contributed by atoms with E-state index < -0.39 is 0 Å². The van der Waals surface area contributed by atoms with E-state index in [1.807, 2.05) is 56.3 Å². The number of nitrogens with zero attached hydrogens (tertiary/aromatic N) is 1. The SMILES string of the molecule is CCOc1ccc(-c2[nH]ncc2C2NC(=O)c3cccc(C)c3N2)cc1. The normalized spacial score (nSPS) is 15.8. The standard InChI is InChI=1S/C20H20N4O2/c1-3-26-14-9-7-13(8-10-14)18-16(11-21-24-18)19-22-17-12(2)5-4-6-15(17)20(25)23-19/h4-11,19,22H,3H2,1-2H3,(H,21,24)(H,23,25). The number of ether oxygens (including phenoxy) is 1. The van der Waals surface area contributed by atoms with Gasteiger partial charge in [0.15, 0.2) is 0 Å². The highest BCUT2D eigenvalue weighted by molar-refractivity contribution is 6.02. The van der Waals surface area contributed by atoms with Crippen LogP contribution in [0.3, 0.4) is 0 Å². The first kappa shape index (κ1) is 16.2. The third-order valence-electron chi connectivity index (χ3n) is 4.52. The Balaban J connectivity index is 1.67. The van der Waals surface area contributed by atoms with Crippen LogP contribution in [0.5, 0.6) is 5.75 Å². The maximum absolute atomic E-state index is 12.5. The second kappa shape index (κ2) is 6.55. The second-order valence-corrected chi connectivity index (χ2v) is 6.21. The number of carbonyl (C=O) groups excluding carboxylic acids is 1. The first-order valence-electron chi connectivity index (χ1n) is 8.61. The number of benzene rings is 2. The van der Waals surface area contributed by atoms with E-state index >= 15 is 0 Å². The van der Waals surface area contributed by atoms with Gasteiger partial charge in [0.05, 0.1) is 29.7 Å². The summed E-state index contributed by atoms with van der Waals surface area (Å²) < 4.78 is 5.50. The molecule has 1 unspecified atom stereocenters. The topological polar surface area (TPSA) is 79.0 Å². The number of aryl methyl sites for hydroxylation is 1. The zero-order valence-corrected chi connectivity index (χ0v) is 14.7. The Bertz CT molecular complexity index is 947. The van der Waals surface area contributed by atoms with E-state index in [4.69, 9.17) is 4.74 Å². The van der Waals surface area contributed by atoms with Gasteiger partial charge in [-0.25, -0.2) is 0 Å². The first-order valence-corrected chi connectivity index (χ1v) is 8.61. The molecule has 3 N–H and O–H groups in total. The molecule has 1 amide bonds. The van der Waals surface area contributed by atoms with Crippen molar-refractivity contribution < 1.29 is 9.53 Å². The van der Waals surface area contributed by atoms with E-state index in [2.05, 4.69) is 20.8 Å². The highest BCUT2D eigenvalue weighted by Gasteiger charge is 2.28. The molecule has 2 aromatic carbocycles. The summed E-state index contributed by atoms with van der Waals surface area (Å²) in [7, 11) is 0. The van der Waals surface area contributed by atoms with Crippen LogP contribution in [-0.2, 0) is 0 Å². The minimum Gasteiger partial charge on any atom is -0.494 e. The fourth-order valence-electron chi connectivity index (χ4n) is 3.22. The molecule has 0 radical (unpaired) electrons. The molecule has 0 saturated carbocycles. The molecule has 0 bridgehead atoms. The summed E-state index contributed by atoms with van der Waals surface area (Å²) >= 11 is 0. The molecule has 1 aromatic heterocycles. The molecule has 1 aliphatic rings. The van der Waals surface area contributed by atoms with Crippen LogP contribution in [-0.4, -0.2) is 22.7 Å². The van der Waals surface area contributed by atoms with Gasteiger partial charge in [0.1, 0.15) is 11.9 Å². The molecule has 1 aliphatic heterocycles. The maximum Gasteiger partial charge on any atom is 0.255 e. The number of aromatic nitrogens is 2. The molecule has 132 valence electrons. The number of rotatable bonds is 4. The number of anilines is 1. The van der Waals surface area contributed by atoms with E-state index in [0.29, 0.717) is 12.2 Å². The van der Waals surface area contributed by atoms with Crippen molar-refractivity contribution in [3.8, 4) is 17.0 Å². The Morgan fingerprint density at radius 1 is 1.12 bits per heavy atom. The van der Waals surface area contributed by atoms with Crippen LogP contribution in [0.15, 0.2) is 48.7 Å². The Labute approximate surface area is 151 Å². The van der Waals surface area contributed by atoms with Crippen molar-refractivity contribution in [3.63, 3.8) is 0 Å². The third kappa shape index (κ3) is 2.79. The highest BCUT2D eigenvalue weighted by atomic mass is 16.5. The molecule has 26 heavy (non-hydrogen) atoms. The van der Waals surface area contributed by atoms with Crippen molar-refractivity contribution in [3.05, 3.63) is 65.4 Å². The highest BCUT2D eigenvalue weighted by Crippen LogP contribution is 2.33. The number of hydrogen-bond donors (Lipinski definition) is 3. The van der Waals surface area contributed by atoms with Gasteiger partial charge in [-0.05, 0) is 49.7 Å². The predicted molar refractivity (Wildman–Crippen MR) is 100 cm³/mol. The first-order chi connectivity index (χ1) is 12.7. The lowest BCUT2D eigenvalue weighted by Gasteiger charge is -2.29. The molecule has 0 saturated heterocycles. The smallest absolute Gasteiger partial charge is 0.255 e. The predicted octanol–water partition coefficient (Wildman–Crippen LogP) is 3.64. The number of hydrogen-bond acceptors (Lipinski definition) is 4. The summed E-state index contributed by atoms with van der Waals surface area (Å²) in [5.74, 6) is 0.734. The average Bonchev–Trinajstić information content (AvgIpc) is 3.13. The Hall–Kier alpha value is -3.28. The van der Waals surface area contributed by atoms with Crippen molar-refractivity contribution in [2.24, 2.45) is 0 Å². The molecular weight excluding hydrogens is 328 g/mol. The molecular formula is C20H20N4O2. The van der Waals surface area contributed by atoms with Gasteiger partial charge >= 0.3 is 0 Å². The molecule has 4 rings (SSSR count). The van der Waals surface area contributed by atoms with E-state index in [1.54, 1.807) is 6.20 Å². The van der Waals surface area contributed by atoms with Crippen LogP contribution in [0.2, 0.25) is 0 Å². The van der Waals surface area contributed by atoms with Crippen molar-refractivity contribution in [2.75, 3.05) is 11.9 Å². The molecule has 2 heterocycles. The summed E-state index contributed by atoms with van der Waals surface area (Å²) in [5.41, 5.74) is 5.28. The number of para-hydroxylation sites is 1. The van der Waals surface area contributed by atoms with Gasteiger partial charge in [-0.15, -0.1) is 0 Å². The Morgan fingerprint density at radius 3 is 2.69 bits per heavy atom. The lowest BCUT2D eigenvalue weighted by molar-refractivity contribution is 0.0935. The van der Waals surface area contributed by atoms with Crippen LogP contribution in [0, 0.1) is 6.92 Å². The van der Waals surface area contributed by atoms with Gasteiger partial charge < -0.3 is 15.4 Å². The number of aromatic amines is 1. The molecule has 1 atom stereocenters. The number of nitrogens with one attached hydrogen (secondary N) is 3. The van der Waals surface area contributed by atoms with E-state index in [9.17, 15) is 4.79 Å². The number of H-pyrrole nitrogens is 1. The summed E-state index contributed by atoms with van der Waals surface area (Å²) in [6, 6.07) is 13.5. The van der Waals surface area contributed by atoms with E-state index in [-0.39, 0.29) is 12.1 Å². The minimum absolute atomic E-state index is 0.0914. The fraction of sp³-hybridized carbons (Fsp3) is 0.200. The Kier molecular flexibility index (Phi) is 4.08. The van der Waals surface area contributed by atoms with Gasteiger partial charge in [0.25, 0.3) is 5.91 Å². The minimum atomic E-state index is -0.351. The van der Waals surface area contributed by atoms with Crippen molar-refractivity contribution in [2.45, 2.75) is 20.0 Å². The molecule has 0 aliphatic carbocycles. The lowest BCUT2D eigenvalue weighted by Crippen LogP contribution is -2.38. The molecule has 0 fully saturated rings. The van der Waals surface area contributed by atoms with Crippen molar-refractivity contribution in [1.29, 1.82) is 0 Å². The largest absolute Gasteiger partial charge is 0.494 e. The summed E-state index contributed by atoms with van der Waals surface area (Å²) in [6.07, 6.45) is 1.39. The van der Waals surface area contributed by atoms with Crippen LogP contribution in [0.4, 0.5) is 5.69 Å². The van der Waals surface area contributed by atoms with Crippen LogP contribution >= 0.6 is 0 Å². The molecule has 6 nitrogen and oxygen atoms in total. The van der Waals surface area contributed by atoms with Crippen molar-refractivity contribution in [1.82, 2.24) is 15.5 Å². The summed E-state index contributed by atoms with van der Waals surface area (Å²) in [6.45, 7) is 4.58. The number of carbonyl (C=O) groups is 1. The zero-order valence-electron chi connectivity index (χ0n) is 14.7. The lowest BCUT2D eigenvalue weighted by atomic mass is 10.0. The van der Waals surface area contributed by atoms with Crippen LogP contribution < -0.4 is 15.4 Å². The van der Waals surface area contributed by atoms with Crippen LogP contribution in [0.1, 0.15) is 34.6 Å². The molecule has 0 spiro atoms. The zero-order chi connectivity index (χ0) is 18.1. The van der Waals surface area contributed by atoms with Gasteiger partial charge in [0, 0.05) is 11.1 Å². The maximum atomic E-state index is 12.5. The van der Waals surface area contributed by atoms with Crippen molar-refractivity contribution >= 4 is 11.6 Å². The van der Waals surface area contributed by atoms with Gasteiger partial charge in [-0.1, -0.05) is 12.1 Å².